The van der Waals surface area contributed by atoms with Crippen molar-refractivity contribution in [3.8, 4) is 0 Å². The second-order valence-electron chi connectivity index (χ2n) is 2.45. The second kappa shape index (κ2) is 3.44. The van der Waals surface area contributed by atoms with E-state index < -0.39 is 0 Å². The van der Waals surface area contributed by atoms with E-state index >= 15 is 0 Å². The van der Waals surface area contributed by atoms with Gasteiger partial charge in [0.25, 0.3) is 0 Å². The molecule has 0 N–H and O–H groups in total. The third-order valence-corrected chi connectivity index (χ3v) is 1.59. The molecule has 1 unspecified atom stereocenters. The molecule has 0 radical (unpaired) electrons. The van der Waals surface area contributed by atoms with E-state index in [0.717, 1.165) is 0 Å². The number of allylic oxidation sites excluding steroid dienone is 1. The number of rotatable bonds is 3. The molecule has 0 fully saturated rings. The predicted octanol–water partition coefficient (Wildman–Crippen LogP) is 2.39. The minimum Gasteiger partial charge on any atom is -0.269 e. The molecule has 1 heteroatoms. The summed E-state index contributed by atoms with van der Waals surface area (Å²) in [5, 5.41) is 0. The van der Waals surface area contributed by atoms with Gasteiger partial charge in [-0.2, -0.15) is 0 Å². The molecular formula is C8H13N. The van der Waals surface area contributed by atoms with Gasteiger partial charge in [-0.3, -0.25) is 4.99 Å². The molecule has 1 nitrogen and oxygen atoms in total. The quantitative estimate of drug-likeness (QED) is 0.546. The molecule has 0 spiro atoms. The van der Waals surface area contributed by atoms with Crippen LogP contribution in [0.2, 0.25) is 0 Å². The van der Waals surface area contributed by atoms with Crippen LogP contribution in [-0.2, 0) is 0 Å². The van der Waals surface area contributed by atoms with Crippen LogP contribution in [-0.4, -0.2) is 6.21 Å². The number of unbranched alkanes of at least 4 members (excludes halogenated alkanes) is 1. The van der Waals surface area contributed by atoms with Gasteiger partial charge >= 0.3 is 0 Å². The fourth-order valence-corrected chi connectivity index (χ4v) is 0.981. The highest BCUT2D eigenvalue weighted by Gasteiger charge is 2.01. The Morgan fingerprint density at radius 1 is 1.56 bits per heavy atom. The summed E-state index contributed by atoms with van der Waals surface area (Å²) < 4.78 is 0. The Labute approximate surface area is 56.5 Å². The van der Waals surface area contributed by atoms with Gasteiger partial charge < -0.3 is 0 Å². The molecule has 0 aromatic rings. The van der Waals surface area contributed by atoms with E-state index in [1.54, 1.807) is 0 Å². The summed E-state index contributed by atoms with van der Waals surface area (Å²) >= 11 is 0. The van der Waals surface area contributed by atoms with Gasteiger partial charge in [0.05, 0.1) is 0 Å². The van der Waals surface area contributed by atoms with Crippen LogP contribution >= 0.6 is 0 Å². The van der Waals surface area contributed by atoms with Crippen LogP contribution in [0.5, 0.6) is 0 Å². The molecule has 50 valence electrons. The maximum atomic E-state index is 4.01. The van der Waals surface area contributed by atoms with Crippen molar-refractivity contribution in [2.75, 3.05) is 0 Å². The topological polar surface area (TPSA) is 12.4 Å². The highest BCUT2D eigenvalue weighted by Crippen LogP contribution is 2.11. The molecule has 9 heavy (non-hydrogen) atoms. The Hall–Kier alpha value is -0.590. The first-order valence-electron chi connectivity index (χ1n) is 3.63. The van der Waals surface area contributed by atoms with Crippen LogP contribution in [0.25, 0.3) is 0 Å². The summed E-state index contributed by atoms with van der Waals surface area (Å²) in [6.45, 7) is 2.22. The summed E-state index contributed by atoms with van der Waals surface area (Å²) in [7, 11) is 0. The smallest absolute Gasteiger partial charge is 0.0230 e. The summed E-state index contributed by atoms with van der Waals surface area (Å²) in [6.07, 6.45) is 9.96. The molecule has 1 atom stereocenters. The molecule has 1 aliphatic heterocycles. The third-order valence-electron chi connectivity index (χ3n) is 1.59. The summed E-state index contributed by atoms with van der Waals surface area (Å²) in [4.78, 5) is 4.01. The average Bonchev–Trinajstić information content (AvgIpc) is 2.34. The largest absolute Gasteiger partial charge is 0.269 e. The monoisotopic (exact) mass is 123 g/mol. The zero-order chi connectivity index (χ0) is 6.53. The van der Waals surface area contributed by atoms with Crippen molar-refractivity contribution in [1.82, 2.24) is 0 Å². The van der Waals surface area contributed by atoms with E-state index in [0.29, 0.717) is 5.92 Å². The third kappa shape index (κ3) is 2.00. The van der Waals surface area contributed by atoms with E-state index in [1.165, 1.54) is 19.3 Å². The van der Waals surface area contributed by atoms with Gasteiger partial charge in [0.15, 0.2) is 0 Å². The lowest BCUT2D eigenvalue weighted by molar-refractivity contribution is 0.676. The maximum absolute atomic E-state index is 4.01. The first kappa shape index (κ1) is 6.53. The van der Waals surface area contributed by atoms with Crippen molar-refractivity contribution in [2.24, 2.45) is 10.9 Å². The predicted molar refractivity (Wildman–Crippen MR) is 40.6 cm³/mol. The van der Waals surface area contributed by atoms with Crippen molar-refractivity contribution in [3.05, 3.63) is 12.3 Å². The summed E-state index contributed by atoms with van der Waals surface area (Å²) in [6, 6.07) is 0. The molecule has 0 saturated heterocycles. The van der Waals surface area contributed by atoms with E-state index in [2.05, 4.69) is 18.0 Å². The van der Waals surface area contributed by atoms with Crippen LogP contribution in [0.3, 0.4) is 0 Å². The summed E-state index contributed by atoms with van der Waals surface area (Å²) in [5.41, 5.74) is 0. The fraction of sp³-hybridized carbons (Fsp3) is 0.625. The lowest BCUT2D eigenvalue weighted by Gasteiger charge is -1.99. The lowest BCUT2D eigenvalue weighted by atomic mass is 10.1. The zero-order valence-corrected chi connectivity index (χ0v) is 5.88. The Morgan fingerprint density at radius 2 is 2.44 bits per heavy atom. The van der Waals surface area contributed by atoms with E-state index in [-0.39, 0.29) is 0 Å². The Bertz CT molecular complexity index is 113. The van der Waals surface area contributed by atoms with Gasteiger partial charge in [-0.1, -0.05) is 25.8 Å². The maximum Gasteiger partial charge on any atom is 0.0230 e. The minimum absolute atomic E-state index is 0.643. The molecule has 0 bridgehead atoms. The molecule has 1 aliphatic rings. The van der Waals surface area contributed by atoms with E-state index in [1.807, 2.05) is 12.4 Å². The van der Waals surface area contributed by atoms with Crippen LogP contribution in [0.15, 0.2) is 17.3 Å². The van der Waals surface area contributed by atoms with Gasteiger partial charge in [0.1, 0.15) is 0 Å². The Balaban J connectivity index is 2.13. The van der Waals surface area contributed by atoms with Gasteiger partial charge in [0, 0.05) is 18.3 Å². The fourth-order valence-electron chi connectivity index (χ4n) is 0.981. The lowest BCUT2D eigenvalue weighted by Crippen LogP contribution is -1.92. The molecule has 0 aromatic heterocycles. The van der Waals surface area contributed by atoms with Crippen molar-refractivity contribution in [1.29, 1.82) is 0 Å². The highest BCUT2D eigenvalue weighted by molar-refractivity contribution is 5.66. The van der Waals surface area contributed by atoms with Crippen molar-refractivity contribution >= 4 is 6.21 Å². The number of aliphatic imine (C=N–C) groups is 1. The van der Waals surface area contributed by atoms with Crippen LogP contribution in [0.4, 0.5) is 0 Å². The Kier molecular flexibility index (Phi) is 2.49. The van der Waals surface area contributed by atoms with E-state index in [4.69, 9.17) is 0 Å². The van der Waals surface area contributed by atoms with E-state index in [9.17, 15) is 0 Å². The number of hydrogen-bond donors (Lipinski definition) is 0. The van der Waals surface area contributed by atoms with Gasteiger partial charge in [0.2, 0.25) is 0 Å². The average molecular weight is 123 g/mol. The van der Waals surface area contributed by atoms with Crippen molar-refractivity contribution in [3.63, 3.8) is 0 Å². The van der Waals surface area contributed by atoms with Crippen LogP contribution < -0.4 is 0 Å². The van der Waals surface area contributed by atoms with Gasteiger partial charge in [-0.25, -0.2) is 0 Å². The SMILES string of the molecule is CCCCC1C=CN=C1. The van der Waals surface area contributed by atoms with Crippen molar-refractivity contribution < 1.29 is 0 Å². The molecule has 1 rings (SSSR count). The zero-order valence-electron chi connectivity index (χ0n) is 5.88. The number of hydrogen-bond acceptors (Lipinski definition) is 1. The molecule has 1 heterocycles. The first-order chi connectivity index (χ1) is 4.43. The van der Waals surface area contributed by atoms with Crippen molar-refractivity contribution in [2.45, 2.75) is 26.2 Å². The molecular weight excluding hydrogens is 110 g/mol. The van der Waals surface area contributed by atoms with Crippen LogP contribution in [0, 0.1) is 5.92 Å². The standard InChI is InChI=1S/C8H13N/c1-2-3-4-8-5-6-9-7-8/h5-8H,2-4H2,1H3. The minimum atomic E-state index is 0.643. The Morgan fingerprint density at radius 3 is 3.00 bits per heavy atom. The molecule has 0 saturated carbocycles. The highest BCUT2D eigenvalue weighted by atomic mass is 14.7. The van der Waals surface area contributed by atoms with Gasteiger partial charge in [-0.05, 0) is 6.42 Å². The normalized spacial score (nSPS) is 23.4. The number of nitrogens with zero attached hydrogens (tertiary/aromatic N) is 1. The molecule has 0 amide bonds. The summed E-state index contributed by atoms with van der Waals surface area (Å²) in [5.74, 6) is 0.643. The first-order valence-corrected chi connectivity index (χ1v) is 3.63. The van der Waals surface area contributed by atoms with Crippen LogP contribution in [0.1, 0.15) is 26.2 Å². The second-order valence-corrected chi connectivity index (χ2v) is 2.45. The molecule has 0 aromatic carbocycles. The molecule has 0 aliphatic carbocycles. The van der Waals surface area contributed by atoms with Gasteiger partial charge in [-0.15, -0.1) is 0 Å².